The lowest BCUT2D eigenvalue weighted by molar-refractivity contribution is 0.0627. The zero-order valence-corrected chi connectivity index (χ0v) is 16.4. The van der Waals surface area contributed by atoms with E-state index in [2.05, 4.69) is 27.0 Å². The summed E-state index contributed by atoms with van der Waals surface area (Å²) < 4.78 is 5.47. The van der Waals surface area contributed by atoms with Crippen molar-refractivity contribution in [2.45, 2.75) is 65.1 Å². The maximum atomic E-state index is 12.1. The normalized spacial score (nSPS) is 18.6. The van der Waals surface area contributed by atoms with Crippen LogP contribution in [0, 0.1) is 0 Å². The fraction of sp³-hybridized carbons (Fsp3) is 0.789. The van der Waals surface area contributed by atoms with Crippen molar-refractivity contribution in [2.24, 2.45) is 0 Å². The van der Waals surface area contributed by atoms with Gasteiger partial charge < -0.3 is 14.8 Å². The highest BCUT2D eigenvalue weighted by molar-refractivity contribution is 5.92. The van der Waals surface area contributed by atoms with E-state index in [0.717, 1.165) is 58.4 Å². The minimum atomic E-state index is -0.222. The molecule has 0 bridgehead atoms. The van der Waals surface area contributed by atoms with Gasteiger partial charge in [0.1, 0.15) is 6.26 Å². The monoisotopic (exact) mass is 366 g/mol. The molecular formula is C19H34N4O3. The molecule has 0 aromatic carbocycles. The van der Waals surface area contributed by atoms with Crippen molar-refractivity contribution in [1.82, 2.24) is 20.1 Å². The molecule has 0 spiro atoms. The second kappa shape index (κ2) is 10.6. The Morgan fingerprint density at radius 2 is 2.00 bits per heavy atom. The molecule has 2 heterocycles. The summed E-state index contributed by atoms with van der Waals surface area (Å²) in [5.41, 5.74) is 0.345. The number of nitrogens with one attached hydrogen (secondary N) is 1. The van der Waals surface area contributed by atoms with E-state index in [-0.39, 0.29) is 18.1 Å². The van der Waals surface area contributed by atoms with E-state index in [1.165, 1.54) is 6.26 Å². The number of nitrogens with zero attached hydrogens (tertiary/aromatic N) is 3. The predicted octanol–water partition coefficient (Wildman–Crippen LogP) is 1.87. The molecule has 2 N–H and O–H groups in total. The van der Waals surface area contributed by atoms with Gasteiger partial charge in [0.25, 0.3) is 5.91 Å². The average molecular weight is 367 g/mol. The van der Waals surface area contributed by atoms with Gasteiger partial charge in [-0.25, -0.2) is 4.98 Å². The molecule has 0 unspecified atom stereocenters. The average Bonchev–Trinajstić information content (AvgIpc) is 3.10. The topological polar surface area (TPSA) is 81.8 Å². The van der Waals surface area contributed by atoms with E-state index in [0.29, 0.717) is 18.1 Å². The van der Waals surface area contributed by atoms with Crippen LogP contribution in [0.4, 0.5) is 0 Å². The Balaban J connectivity index is 1.73. The molecule has 1 fully saturated rings. The second-order valence-electron chi connectivity index (χ2n) is 7.28. The number of rotatable bonds is 10. The Morgan fingerprint density at radius 1 is 1.31 bits per heavy atom. The molecule has 0 aliphatic carbocycles. The SMILES string of the molecule is CCCC[C@@H](O)CN1CCN(Cc2nc(C(=O)N[C@H](C)CC)co2)CC1. The van der Waals surface area contributed by atoms with Crippen molar-refractivity contribution in [3.05, 3.63) is 17.8 Å². The molecule has 1 aliphatic heterocycles. The number of hydrogen-bond acceptors (Lipinski definition) is 6. The lowest BCUT2D eigenvalue weighted by atomic mass is 10.1. The van der Waals surface area contributed by atoms with Crippen LogP contribution in [0.25, 0.3) is 0 Å². The minimum Gasteiger partial charge on any atom is -0.447 e. The van der Waals surface area contributed by atoms with Crippen LogP contribution < -0.4 is 5.32 Å². The molecule has 2 atom stereocenters. The van der Waals surface area contributed by atoms with Crippen LogP contribution in [0.3, 0.4) is 0 Å². The molecular weight excluding hydrogens is 332 g/mol. The Labute approximate surface area is 156 Å². The smallest absolute Gasteiger partial charge is 0.273 e. The van der Waals surface area contributed by atoms with Gasteiger partial charge in [0.2, 0.25) is 5.89 Å². The van der Waals surface area contributed by atoms with E-state index in [1.54, 1.807) is 0 Å². The summed E-state index contributed by atoms with van der Waals surface area (Å²) in [5, 5.41) is 12.9. The summed E-state index contributed by atoms with van der Waals surface area (Å²) >= 11 is 0. The van der Waals surface area contributed by atoms with Crippen molar-refractivity contribution in [3.8, 4) is 0 Å². The molecule has 1 saturated heterocycles. The number of carbonyl (C=O) groups excluding carboxylic acids is 1. The number of piperazine rings is 1. The van der Waals surface area contributed by atoms with Gasteiger partial charge in [-0.1, -0.05) is 26.7 Å². The van der Waals surface area contributed by atoms with Gasteiger partial charge in [0, 0.05) is 38.8 Å². The Hall–Kier alpha value is -1.44. The van der Waals surface area contributed by atoms with Gasteiger partial charge in [0.05, 0.1) is 12.6 Å². The van der Waals surface area contributed by atoms with Gasteiger partial charge in [-0.3, -0.25) is 14.6 Å². The fourth-order valence-corrected chi connectivity index (χ4v) is 3.04. The maximum Gasteiger partial charge on any atom is 0.273 e. The zero-order chi connectivity index (χ0) is 18.9. The van der Waals surface area contributed by atoms with Crippen molar-refractivity contribution >= 4 is 5.91 Å². The Kier molecular flexibility index (Phi) is 8.54. The third kappa shape index (κ3) is 6.70. The van der Waals surface area contributed by atoms with Gasteiger partial charge in [-0.05, 0) is 19.8 Å². The molecule has 7 nitrogen and oxygen atoms in total. The standard InChI is InChI=1S/C19H34N4O3/c1-4-6-7-16(24)12-22-8-10-23(11-9-22)13-18-21-17(14-26-18)19(25)20-15(3)5-2/h14-16,24H,4-13H2,1-3H3,(H,20,25)/t15-,16-/m1/s1. The zero-order valence-electron chi connectivity index (χ0n) is 16.4. The molecule has 1 aromatic rings. The molecule has 0 radical (unpaired) electrons. The summed E-state index contributed by atoms with van der Waals surface area (Å²) in [5.74, 6) is 0.399. The van der Waals surface area contributed by atoms with Gasteiger partial charge in [0.15, 0.2) is 5.69 Å². The molecule has 2 rings (SSSR count). The molecule has 7 heteroatoms. The van der Waals surface area contributed by atoms with E-state index in [4.69, 9.17) is 4.42 Å². The summed E-state index contributed by atoms with van der Waals surface area (Å²) in [7, 11) is 0. The van der Waals surface area contributed by atoms with Gasteiger partial charge in [-0.15, -0.1) is 0 Å². The summed E-state index contributed by atoms with van der Waals surface area (Å²) in [6.07, 6.45) is 5.19. The number of β-amino-alcohol motifs (C(OH)–C–C–N with tert-alkyl or cyclic N) is 1. The first-order chi connectivity index (χ1) is 12.5. The minimum absolute atomic E-state index is 0.128. The number of aliphatic hydroxyl groups excluding tert-OH is 1. The number of oxazole rings is 1. The van der Waals surface area contributed by atoms with E-state index in [1.807, 2.05) is 13.8 Å². The first-order valence-corrected chi connectivity index (χ1v) is 9.89. The first-order valence-electron chi connectivity index (χ1n) is 9.89. The van der Waals surface area contributed by atoms with E-state index < -0.39 is 0 Å². The van der Waals surface area contributed by atoms with Gasteiger partial charge in [-0.2, -0.15) is 0 Å². The van der Waals surface area contributed by atoms with Crippen LogP contribution in [0.1, 0.15) is 62.8 Å². The number of aliphatic hydroxyl groups is 1. The molecule has 0 saturated carbocycles. The summed E-state index contributed by atoms with van der Waals surface area (Å²) in [6, 6.07) is 0.128. The molecule has 1 aromatic heterocycles. The lowest BCUT2D eigenvalue weighted by Crippen LogP contribution is -2.48. The number of amides is 1. The predicted molar refractivity (Wildman–Crippen MR) is 101 cm³/mol. The number of hydrogen-bond donors (Lipinski definition) is 2. The van der Waals surface area contributed by atoms with Crippen LogP contribution in [0.15, 0.2) is 10.7 Å². The second-order valence-corrected chi connectivity index (χ2v) is 7.28. The van der Waals surface area contributed by atoms with Crippen LogP contribution >= 0.6 is 0 Å². The Bertz CT molecular complexity index is 541. The molecule has 26 heavy (non-hydrogen) atoms. The molecule has 1 aliphatic rings. The van der Waals surface area contributed by atoms with Crippen molar-refractivity contribution < 1.29 is 14.3 Å². The quantitative estimate of drug-likeness (QED) is 0.658. The fourth-order valence-electron chi connectivity index (χ4n) is 3.04. The first kappa shape index (κ1) is 20.9. The van der Waals surface area contributed by atoms with Crippen molar-refractivity contribution in [2.75, 3.05) is 32.7 Å². The Morgan fingerprint density at radius 3 is 2.65 bits per heavy atom. The third-order valence-electron chi connectivity index (χ3n) is 4.96. The number of carbonyl (C=O) groups is 1. The lowest BCUT2D eigenvalue weighted by Gasteiger charge is -2.35. The third-order valence-corrected chi connectivity index (χ3v) is 4.96. The maximum absolute atomic E-state index is 12.1. The van der Waals surface area contributed by atoms with Crippen LogP contribution in [0.5, 0.6) is 0 Å². The van der Waals surface area contributed by atoms with Crippen LogP contribution in [-0.4, -0.2) is 70.7 Å². The van der Waals surface area contributed by atoms with Crippen molar-refractivity contribution in [3.63, 3.8) is 0 Å². The highest BCUT2D eigenvalue weighted by Gasteiger charge is 2.21. The van der Waals surface area contributed by atoms with Crippen LogP contribution in [0.2, 0.25) is 0 Å². The molecule has 148 valence electrons. The van der Waals surface area contributed by atoms with Crippen molar-refractivity contribution in [1.29, 1.82) is 0 Å². The number of unbranched alkanes of at least 4 members (excludes halogenated alkanes) is 1. The van der Waals surface area contributed by atoms with E-state index in [9.17, 15) is 9.90 Å². The van der Waals surface area contributed by atoms with Gasteiger partial charge >= 0.3 is 0 Å². The van der Waals surface area contributed by atoms with Crippen LogP contribution in [-0.2, 0) is 6.54 Å². The highest BCUT2D eigenvalue weighted by atomic mass is 16.3. The summed E-state index contributed by atoms with van der Waals surface area (Å²) in [6.45, 7) is 11.2. The molecule has 1 amide bonds. The summed E-state index contributed by atoms with van der Waals surface area (Å²) in [4.78, 5) is 21.0. The van der Waals surface area contributed by atoms with E-state index >= 15 is 0 Å². The largest absolute Gasteiger partial charge is 0.447 e. The number of aromatic nitrogens is 1. The highest BCUT2D eigenvalue weighted by Crippen LogP contribution is 2.11.